The maximum absolute atomic E-state index is 12.3. The van der Waals surface area contributed by atoms with Crippen molar-refractivity contribution in [3.05, 3.63) is 58.1 Å². The minimum absolute atomic E-state index is 0.109. The molecule has 3 N–H and O–H groups in total. The van der Waals surface area contributed by atoms with Crippen LogP contribution in [-0.2, 0) is 19.6 Å². The van der Waals surface area contributed by atoms with Gasteiger partial charge in [0.1, 0.15) is 11.9 Å². The SMILES string of the molecule is Cc1cc(Br)ccc1NC(=O)CNC(=O)[C@@H](C)N=C1NS(=O)(=O)c2ccccc21. The van der Waals surface area contributed by atoms with Gasteiger partial charge in [0.2, 0.25) is 11.8 Å². The summed E-state index contributed by atoms with van der Waals surface area (Å²) in [6, 6.07) is 10.9. The number of amidine groups is 1. The molecular weight excluding hydrogens is 460 g/mol. The van der Waals surface area contributed by atoms with Gasteiger partial charge in [-0.1, -0.05) is 28.1 Å². The molecule has 0 fully saturated rings. The Bertz CT molecular complexity index is 1110. The molecule has 8 nitrogen and oxygen atoms in total. The Morgan fingerprint density at radius 2 is 1.93 bits per heavy atom. The minimum Gasteiger partial charge on any atom is -0.345 e. The monoisotopic (exact) mass is 478 g/mol. The number of hydrogen-bond acceptors (Lipinski definition) is 5. The quantitative estimate of drug-likeness (QED) is 0.608. The van der Waals surface area contributed by atoms with Crippen molar-refractivity contribution in [3.8, 4) is 0 Å². The average Bonchev–Trinajstić information content (AvgIpc) is 2.92. The fraction of sp³-hybridized carbons (Fsp3) is 0.211. The van der Waals surface area contributed by atoms with Crippen LogP contribution in [-0.4, -0.2) is 38.7 Å². The molecule has 0 aromatic heterocycles. The summed E-state index contributed by atoms with van der Waals surface area (Å²) >= 11 is 3.36. The number of nitrogens with zero attached hydrogens (tertiary/aromatic N) is 1. The van der Waals surface area contributed by atoms with Crippen molar-refractivity contribution in [2.45, 2.75) is 24.8 Å². The van der Waals surface area contributed by atoms with Crippen molar-refractivity contribution in [1.82, 2.24) is 10.0 Å². The van der Waals surface area contributed by atoms with Crippen LogP contribution in [0.2, 0.25) is 0 Å². The lowest BCUT2D eigenvalue weighted by Gasteiger charge is -2.11. The topological polar surface area (TPSA) is 117 Å². The van der Waals surface area contributed by atoms with Crippen LogP contribution in [0.1, 0.15) is 18.1 Å². The number of rotatable bonds is 5. The molecule has 152 valence electrons. The van der Waals surface area contributed by atoms with E-state index >= 15 is 0 Å². The molecule has 1 heterocycles. The number of nitrogens with one attached hydrogen (secondary N) is 3. The molecule has 0 saturated heterocycles. The van der Waals surface area contributed by atoms with Crippen LogP contribution in [0.4, 0.5) is 5.69 Å². The van der Waals surface area contributed by atoms with Crippen LogP contribution in [0.25, 0.3) is 0 Å². The zero-order valence-electron chi connectivity index (χ0n) is 15.7. The summed E-state index contributed by atoms with van der Waals surface area (Å²) in [7, 11) is -3.67. The van der Waals surface area contributed by atoms with Gasteiger partial charge in [0, 0.05) is 15.7 Å². The van der Waals surface area contributed by atoms with Gasteiger partial charge in [-0.3, -0.25) is 19.3 Å². The number of anilines is 1. The second-order valence-corrected chi connectivity index (χ2v) is 9.05. The van der Waals surface area contributed by atoms with Gasteiger partial charge in [-0.15, -0.1) is 0 Å². The van der Waals surface area contributed by atoms with E-state index in [1.807, 2.05) is 13.0 Å². The second kappa shape index (κ2) is 8.34. The Morgan fingerprint density at radius 3 is 2.66 bits per heavy atom. The number of carbonyl (C=O) groups excluding carboxylic acids is 2. The number of amides is 2. The number of halogens is 1. The molecule has 1 atom stereocenters. The van der Waals surface area contributed by atoms with Gasteiger partial charge in [0.15, 0.2) is 0 Å². The van der Waals surface area contributed by atoms with Crippen LogP contribution < -0.4 is 15.4 Å². The molecule has 3 rings (SSSR count). The molecule has 2 amide bonds. The third kappa shape index (κ3) is 4.83. The van der Waals surface area contributed by atoms with E-state index in [2.05, 4.69) is 36.3 Å². The predicted molar refractivity (Wildman–Crippen MR) is 113 cm³/mol. The van der Waals surface area contributed by atoms with Crippen LogP contribution in [0, 0.1) is 6.92 Å². The van der Waals surface area contributed by atoms with Crippen molar-refractivity contribution < 1.29 is 18.0 Å². The van der Waals surface area contributed by atoms with E-state index in [1.165, 1.54) is 13.0 Å². The van der Waals surface area contributed by atoms with E-state index in [4.69, 9.17) is 0 Å². The first-order valence-electron chi connectivity index (χ1n) is 8.71. The van der Waals surface area contributed by atoms with E-state index < -0.39 is 22.0 Å². The fourth-order valence-corrected chi connectivity index (χ4v) is 4.47. The average molecular weight is 479 g/mol. The van der Waals surface area contributed by atoms with E-state index in [1.54, 1.807) is 30.3 Å². The van der Waals surface area contributed by atoms with Gasteiger partial charge in [0.25, 0.3) is 10.0 Å². The van der Waals surface area contributed by atoms with Gasteiger partial charge in [-0.25, -0.2) is 8.42 Å². The molecule has 0 saturated carbocycles. The number of benzene rings is 2. The highest BCUT2D eigenvalue weighted by molar-refractivity contribution is 9.10. The molecule has 0 aliphatic carbocycles. The van der Waals surface area contributed by atoms with Crippen LogP contribution >= 0.6 is 15.9 Å². The molecule has 10 heteroatoms. The van der Waals surface area contributed by atoms with Crippen LogP contribution in [0.15, 0.2) is 56.8 Å². The number of fused-ring (bicyclic) bond motifs is 1. The Labute approximate surface area is 177 Å². The normalized spacial score (nSPS) is 16.6. The van der Waals surface area contributed by atoms with Crippen molar-refractivity contribution in [2.75, 3.05) is 11.9 Å². The third-order valence-electron chi connectivity index (χ3n) is 4.25. The molecule has 0 radical (unpaired) electrons. The summed E-state index contributed by atoms with van der Waals surface area (Å²) in [4.78, 5) is 28.7. The zero-order chi connectivity index (χ0) is 21.2. The van der Waals surface area contributed by atoms with E-state index in [9.17, 15) is 18.0 Å². The van der Waals surface area contributed by atoms with E-state index in [0.717, 1.165) is 10.0 Å². The van der Waals surface area contributed by atoms with Gasteiger partial charge >= 0.3 is 0 Å². The number of aryl methyl sites for hydroxylation is 1. The second-order valence-electron chi connectivity index (χ2n) is 6.48. The molecule has 0 unspecified atom stereocenters. The Hall–Kier alpha value is -2.72. The summed E-state index contributed by atoms with van der Waals surface area (Å²) in [5, 5.41) is 5.23. The number of hydrogen-bond donors (Lipinski definition) is 3. The predicted octanol–water partition coefficient (Wildman–Crippen LogP) is 1.94. The smallest absolute Gasteiger partial charge is 0.263 e. The van der Waals surface area contributed by atoms with Crippen LogP contribution in [0.3, 0.4) is 0 Å². The molecule has 1 aliphatic rings. The van der Waals surface area contributed by atoms with E-state index in [-0.39, 0.29) is 23.2 Å². The number of aliphatic imine (C=N–C) groups is 1. The van der Waals surface area contributed by atoms with Crippen LogP contribution in [0.5, 0.6) is 0 Å². The summed E-state index contributed by atoms with van der Waals surface area (Å²) < 4.78 is 27.5. The Morgan fingerprint density at radius 1 is 1.21 bits per heavy atom. The summed E-state index contributed by atoms with van der Waals surface area (Å²) in [5.74, 6) is -0.766. The first kappa shape index (κ1) is 21.0. The standard InChI is InChI=1S/C19H19BrN4O4S/c1-11-9-13(20)7-8-15(11)23-17(25)10-21-19(26)12(2)22-18-14-5-3-4-6-16(14)29(27,28)24-18/h3-9,12H,10H2,1-2H3,(H,21,26)(H,22,24)(H,23,25)/t12-/m1/s1. The lowest BCUT2D eigenvalue weighted by molar-refractivity contribution is -0.124. The highest BCUT2D eigenvalue weighted by Gasteiger charge is 2.31. The van der Waals surface area contributed by atoms with Crippen molar-refractivity contribution in [2.24, 2.45) is 4.99 Å². The maximum atomic E-state index is 12.3. The highest BCUT2D eigenvalue weighted by atomic mass is 79.9. The molecular formula is C19H19BrN4O4S. The van der Waals surface area contributed by atoms with Gasteiger partial charge in [-0.2, -0.15) is 0 Å². The summed E-state index contributed by atoms with van der Waals surface area (Å²) in [5.41, 5.74) is 1.94. The Kier molecular flexibility index (Phi) is 6.04. The molecule has 2 aromatic rings. The third-order valence-corrected chi connectivity index (χ3v) is 6.14. The number of carbonyl (C=O) groups is 2. The van der Waals surface area contributed by atoms with Gasteiger partial charge < -0.3 is 10.6 Å². The van der Waals surface area contributed by atoms with Crippen molar-refractivity contribution in [1.29, 1.82) is 0 Å². The van der Waals surface area contributed by atoms with Crippen molar-refractivity contribution >= 4 is 49.3 Å². The van der Waals surface area contributed by atoms with Gasteiger partial charge in [-0.05, 0) is 49.7 Å². The van der Waals surface area contributed by atoms with E-state index in [0.29, 0.717) is 11.3 Å². The molecule has 1 aliphatic heterocycles. The zero-order valence-corrected chi connectivity index (χ0v) is 18.1. The first-order valence-corrected chi connectivity index (χ1v) is 11.0. The molecule has 29 heavy (non-hydrogen) atoms. The molecule has 0 spiro atoms. The highest BCUT2D eigenvalue weighted by Crippen LogP contribution is 2.22. The van der Waals surface area contributed by atoms with Gasteiger partial charge in [0.05, 0.1) is 11.4 Å². The minimum atomic E-state index is -3.67. The Balaban J connectivity index is 1.61. The maximum Gasteiger partial charge on any atom is 0.263 e. The number of sulfonamides is 1. The van der Waals surface area contributed by atoms with Crippen molar-refractivity contribution in [3.63, 3.8) is 0 Å². The summed E-state index contributed by atoms with van der Waals surface area (Å²) in [6.45, 7) is 3.15. The first-order chi connectivity index (χ1) is 13.7. The molecule has 2 aromatic carbocycles. The lowest BCUT2D eigenvalue weighted by Crippen LogP contribution is -2.38. The largest absolute Gasteiger partial charge is 0.345 e. The molecule has 0 bridgehead atoms. The summed E-state index contributed by atoms with van der Waals surface area (Å²) in [6.07, 6.45) is 0. The fourth-order valence-electron chi connectivity index (χ4n) is 2.76. The lowest BCUT2D eigenvalue weighted by atomic mass is 10.2.